The first-order valence-electron chi connectivity index (χ1n) is 21.4. The first kappa shape index (κ1) is 50.5. The summed E-state index contributed by atoms with van der Waals surface area (Å²) in [7, 11) is -4.32. The summed E-state index contributed by atoms with van der Waals surface area (Å²) in [6, 6.07) is 0. The number of hydrogen-bond acceptors (Lipinski definition) is 7. The van der Waals surface area contributed by atoms with Crippen molar-refractivity contribution in [2.24, 2.45) is 0 Å². The van der Waals surface area contributed by atoms with E-state index in [-0.39, 0.29) is 25.6 Å². The van der Waals surface area contributed by atoms with Gasteiger partial charge in [0.25, 0.3) is 0 Å². The molecule has 0 amide bonds. The fourth-order valence-corrected chi connectivity index (χ4v) is 7.43. The summed E-state index contributed by atoms with van der Waals surface area (Å²) in [6.45, 7) is 3.90. The van der Waals surface area contributed by atoms with Gasteiger partial charge in [-0.2, -0.15) is 0 Å². The van der Waals surface area contributed by atoms with Crippen molar-refractivity contribution in [1.29, 1.82) is 0 Å². The van der Waals surface area contributed by atoms with Crippen LogP contribution in [-0.4, -0.2) is 48.1 Å². The van der Waals surface area contributed by atoms with Gasteiger partial charge in [-0.3, -0.25) is 18.6 Å². The maximum absolute atomic E-state index is 12.6. The largest absolute Gasteiger partial charge is 0.472 e. The summed E-state index contributed by atoms with van der Waals surface area (Å²) in [5.74, 6) is -0.790. The SMILES string of the molecule is CCCCCCCCCCCCCCCCCC(=O)OCC(COP(=O)(O)OCCBr)OC(=O)CCCCCCCCCCCCCCCCC. The molecule has 0 aromatic rings. The molecule has 0 rings (SSSR count). The molecule has 0 heterocycles. The number of phosphoric acid groups is 1. The highest BCUT2D eigenvalue weighted by Gasteiger charge is 2.26. The number of hydrogen-bond donors (Lipinski definition) is 1. The molecule has 304 valence electrons. The normalized spacial score (nSPS) is 13.3. The van der Waals surface area contributed by atoms with Crippen molar-refractivity contribution in [2.75, 3.05) is 25.2 Å². The first-order chi connectivity index (χ1) is 24.8. The predicted molar refractivity (Wildman–Crippen MR) is 215 cm³/mol. The van der Waals surface area contributed by atoms with Crippen LogP contribution in [0.2, 0.25) is 0 Å². The lowest BCUT2D eigenvalue weighted by molar-refractivity contribution is -0.161. The van der Waals surface area contributed by atoms with Crippen LogP contribution < -0.4 is 0 Å². The Morgan fingerprint density at radius 3 is 1.20 bits per heavy atom. The third-order valence-corrected chi connectivity index (χ3v) is 10.8. The van der Waals surface area contributed by atoms with Crippen molar-refractivity contribution in [3.05, 3.63) is 0 Å². The molecule has 51 heavy (non-hydrogen) atoms. The van der Waals surface area contributed by atoms with Gasteiger partial charge in [0.1, 0.15) is 6.61 Å². The van der Waals surface area contributed by atoms with E-state index < -0.39 is 26.5 Å². The van der Waals surface area contributed by atoms with Crippen molar-refractivity contribution in [3.8, 4) is 0 Å². The quantitative estimate of drug-likeness (QED) is 0.0281. The second-order valence-electron chi connectivity index (χ2n) is 14.5. The number of rotatable bonds is 41. The standard InChI is InChI=1S/C41H80BrO8P/c1-3-5-7-9-11-13-15-17-19-21-23-25-27-29-31-33-40(43)47-37-39(38-49-51(45,46)48-36-35-42)50-41(44)34-32-30-28-26-24-22-20-18-16-14-12-10-8-6-4-2/h39H,3-38H2,1-2H3,(H,45,46). The summed E-state index contributed by atoms with van der Waals surface area (Å²) in [5, 5.41) is 0.371. The molecule has 0 spiro atoms. The third-order valence-electron chi connectivity index (χ3n) is 9.45. The van der Waals surface area contributed by atoms with E-state index in [4.69, 9.17) is 18.5 Å². The van der Waals surface area contributed by atoms with E-state index >= 15 is 0 Å². The number of phosphoric ester groups is 1. The molecule has 0 bridgehead atoms. The first-order valence-corrected chi connectivity index (χ1v) is 24.0. The number of unbranched alkanes of at least 4 members (excludes halogenated alkanes) is 28. The highest BCUT2D eigenvalue weighted by Crippen LogP contribution is 2.43. The molecule has 0 aromatic heterocycles. The summed E-state index contributed by atoms with van der Waals surface area (Å²) < 4.78 is 32.9. The van der Waals surface area contributed by atoms with Gasteiger partial charge in [0.15, 0.2) is 6.10 Å². The molecule has 0 saturated heterocycles. The molecular formula is C41H80BrO8P. The van der Waals surface area contributed by atoms with Crippen LogP contribution in [0.5, 0.6) is 0 Å². The van der Waals surface area contributed by atoms with Gasteiger partial charge in [0, 0.05) is 18.2 Å². The van der Waals surface area contributed by atoms with E-state index in [1.807, 2.05) is 0 Å². The summed E-state index contributed by atoms with van der Waals surface area (Å²) in [4.78, 5) is 34.9. The Balaban J connectivity index is 4.11. The summed E-state index contributed by atoms with van der Waals surface area (Å²) >= 11 is 3.14. The second kappa shape index (κ2) is 39.2. The summed E-state index contributed by atoms with van der Waals surface area (Å²) in [5.41, 5.74) is 0. The Kier molecular flexibility index (Phi) is 38.9. The van der Waals surface area contributed by atoms with Gasteiger partial charge < -0.3 is 14.4 Å². The molecule has 10 heteroatoms. The maximum atomic E-state index is 12.6. The number of ether oxygens (including phenoxy) is 2. The Morgan fingerprint density at radius 2 is 0.843 bits per heavy atom. The zero-order chi connectivity index (χ0) is 37.5. The molecule has 0 aromatic carbocycles. The van der Waals surface area contributed by atoms with Crippen LogP contribution in [0.25, 0.3) is 0 Å². The zero-order valence-electron chi connectivity index (χ0n) is 33.2. The molecule has 0 radical (unpaired) electrons. The van der Waals surface area contributed by atoms with E-state index in [2.05, 4.69) is 29.8 Å². The molecule has 0 aliphatic carbocycles. The van der Waals surface area contributed by atoms with Gasteiger partial charge in [-0.25, -0.2) is 4.57 Å². The molecule has 2 atom stereocenters. The number of alkyl halides is 1. The average Bonchev–Trinajstić information content (AvgIpc) is 3.11. The van der Waals surface area contributed by atoms with Crippen molar-refractivity contribution < 1.29 is 37.6 Å². The lowest BCUT2D eigenvalue weighted by Crippen LogP contribution is -2.29. The van der Waals surface area contributed by atoms with Crippen LogP contribution in [-0.2, 0) is 32.7 Å². The molecule has 1 N–H and O–H groups in total. The Hall–Kier alpha value is -0.470. The Bertz CT molecular complexity index is 815. The summed E-state index contributed by atoms with van der Waals surface area (Å²) in [6.07, 6.45) is 37.1. The van der Waals surface area contributed by atoms with Crippen LogP contribution >= 0.6 is 23.8 Å². The van der Waals surface area contributed by atoms with Gasteiger partial charge in [-0.05, 0) is 12.8 Å². The van der Waals surface area contributed by atoms with Crippen molar-refractivity contribution in [2.45, 2.75) is 225 Å². The average molecular weight is 812 g/mol. The topological polar surface area (TPSA) is 108 Å². The minimum atomic E-state index is -4.32. The predicted octanol–water partition coefficient (Wildman–Crippen LogP) is 13.5. The van der Waals surface area contributed by atoms with Crippen LogP contribution in [0.1, 0.15) is 219 Å². The number of carbonyl (C=O) groups is 2. The van der Waals surface area contributed by atoms with Crippen LogP contribution in [0.15, 0.2) is 0 Å². The van der Waals surface area contributed by atoms with Gasteiger partial charge in [-0.1, -0.05) is 210 Å². The second-order valence-corrected chi connectivity index (χ2v) is 16.7. The van der Waals surface area contributed by atoms with Crippen LogP contribution in [0.4, 0.5) is 0 Å². The van der Waals surface area contributed by atoms with Gasteiger partial charge >= 0.3 is 19.8 Å². The highest BCUT2D eigenvalue weighted by atomic mass is 79.9. The van der Waals surface area contributed by atoms with E-state index in [1.54, 1.807) is 0 Å². The Morgan fingerprint density at radius 1 is 0.510 bits per heavy atom. The molecular weight excluding hydrogens is 731 g/mol. The lowest BCUT2D eigenvalue weighted by Gasteiger charge is -2.19. The van der Waals surface area contributed by atoms with E-state index in [1.165, 1.54) is 154 Å². The van der Waals surface area contributed by atoms with Gasteiger partial charge in [0.05, 0.1) is 13.2 Å². The minimum Gasteiger partial charge on any atom is -0.462 e. The van der Waals surface area contributed by atoms with E-state index in [0.717, 1.165) is 38.5 Å². The van der Waals surface area contributed by atoms with Crippen molar-refractivity contribution in [3.63, 3.8) is 0 Å². The molecule has 0 aliphatic rings. The monoisotopic (exact) mass is 810 g/mol. The molecule has 2 unspecified atom stereocenters. The number of carbonyl (C=O) groups excluding carboxylic acids is 2. The van der Waals surface area contributed by atoms with Crippen molar-refractivity contribution in [1.82, 2.24) is 0 Å². The molecule has 0 aliphatic heterocycles. The fourth-order valence-electron chi connectivity index (χ4n) is 6.26. The van der Waals surface area contributed by atoms with Crippen LogP contribution in [0, 0.1) is 0 Å². The Labute approximate surface area is 322 Å². The maximum Gasteiger partial charge on any atom is 0.472 e. The van der Waals surface area contributed by atoms with E-state index in [0.29, 0.717) is 11.8 Å². The van der Waals surface area contributed by atoms with E-state index in [9.17, 15) is 19.0 Å². The highest BCUT2D eigenvalue weighted by molar-refractivity contribution is 9.09. The number of esters is 2. The fraction of sp³-hybridized carbons (Fsp3) is 0.951. The van der Waals surface area contributed by atoms with Gasteiger partial charge in [-0.15, -0.1) is 0 Å². The molecule has 8 nitrogen and oxygen atoms in total. The third kappa shape index (κ3) is 39.0. The molecule has 0 saturated carbocycles. The zero-order valence-corrected chi connectivity index (χ0v) is 35.6. The lowest BCUT2D eigenvalue weighted by atomic mass is 10.0. The van der Waals surface area contributed by atoms with Crippen LogP contribution in [0.3, 0.4) is 0 Å². The van der Waals surface area contributed by atoms with Crippen molar-refractivity contribution >= 4 is 35.7 Å². The smallest absolute Gasteiger partial charge is 0.462 e. The number of halogens is 1. The van der Waals surface area contributed by atoms with Gasteiger partial charge in [0.2, 0.25) is 0 Å². The molecule has 0 fully saturated rings. The minimum absolute atomic E-state index is 0.00827.